The van der Waals surface area contributed by atoms with Crippen LogP contribution in [0, 0.1) is 5.92 Å². The first kappa shape index (κ1) is 12.3. The van der Waals surface area contributed by atoms with E-state index in [1.807, 2.05) is 0 Å². The number of nitrogens with zero attached hydrogens (tertiary/aromatic N) is 1. The Morgan fingerprint density at radius 2 is 2.27 bits per heavy atom. The molecule has 4 nitrogen and oxygen atoms in total. The van der Waals surface area contributed by atoms with Gasteiger partial charge in [0.1, 0.15) is 0 Å². The summed E-state index contributed by atoms with van der Waals surface area (Å²) in [6.45, 7) is 4.05. The van der Waals surface area contributed by atoms with Crippen LogP contribution in [0.25, 0.3) is 0 Å². The molecule has 15 heavy (non-hydrogen) atoms. The van der Waals surface area contributed by atoms with E-state index in [9.17, 15) is 4.79 Å². The monoisotopic (exact) mass is 213 g/mol. The van der Waals surface area contributed by atoms with Crippen LogP contribution in [0.5, 0.6) is 0 Å². The van der Waals surface area contributed by atoms with Crippen molar-refractivity contribution in [3.63, 3.8) is 0 Å². The molecule has 88 valence electrons. The van der Waals surface area contributed by atoms with Crippen LogP contribution >= 0.6 is 0 Å². The summed E-state index contributed by atoms with van der Waals surface area (Å²) in [5, 5.41) is 6.42. The van der Waals surface area contributed by atoms with E-state index in [1.54, 1.807) is 19.0 Å². The van der Waals surface area contributed by atoms with Crippen molar-refractivity contribution in [2.24, 2.45) is 5.92 Å². The number of piperidine rings is 1. The predicted molar refractivity (Wildman–Crippen MR) is 61.9 cm³/mol. The minimum atomic E-state index is -0.00257. The van der Waals surface area contributed by atoms with Crippen LogP contribution < -0.4 is 10.6 Å². The van der Waals surface area contributed by atoms with Crippen LogP contribution in [0.3, 0.4) is 0 Å². The first-order valence-electron chi connectivity index (χ1n) is 5.83. The summed E-state index contributed by atoms with van der Waals surface area (Å²) in [5.74, 6) is 0.709. The van der Waals surface area contributed by atoms with Crippen LogP contribution in [0.2, 0.25) is 0 Å². The molecule has 1 heterocycles. The van der Waals surface area contributed by atoms with Gasteiger partial charge in [0, 0.05) is 26.7 Å². The Kier molecular flexibility index (Phi) is 4.88. The van der Waals surface area contributed by atoms with E-state index in [2.05, 4.69) is 17.6 Å². The Morgan fingerprint density at radius 3 is 2.87 bits per heavy atom. The zero-order valence-corrected chi connectivity index (χ0v) is 10.0. The van der Waals surface area contributed by atoms with Crippen LogP contribution in [0.1, 0.15) is 26.2 Å². The van der Waals surface area contributed by atoms with Gasteiger partial charge in [0.2, 0.25) is 0 Å². The van der Waals surface area contributed by atoms with Gasteiger partial charge >= 0.3 is 6.03 Å². The molecule has 2 unspecified atom stereocenters. The van der Waals surface area contributed by atoms with Gasteiger partial charge in [-0.25, -0.2) is 4.79 Å². The molecule has 1 aliphatic rings. The lowest BCUT2D eigenvalue weighted by molar-refractivity contribution is 0.209. The van der Waals surface area contributed by atoms with Gasteiger partial charge in [0.15, 0.2) is 0 Å². The van der Waals surface area contributed by atoms with Gasteiger partial charge in [-0.15, -0.1) is 0 Å². The Labute approximate surface area is 92.4 Å². The third-order valence-corrected chi connectivity index (χ3v) is 3.13. The lowest BCUT2D eigenvalue weighted by atomic mass is 9.89. The van der Waals surface area contributed by atoms with Crippen LogP contribution in [0.15, 0.2) is 0 Å². The highest BCUT2D eigenvalue weighted by atomic mass is 16.2. The molecule has 1 saturated heterocycles. The van der Waals surface area contributed by atoms with Crippen molar-refractivity contribution in [3.8, 4) is 0 Å². The standard InChI is InChI=1S/C11H23N3O/c1-4-9-6-5-7-12-10(9)8-13-11(15)14(2)3/h9-10,12H,4-8H2,1-3H3,(H,13,15). The topological polar surface area (TPSA) is 44.4 Å². The van der Waals surface area contributed by atoms with Crippen molar-refractivity contribution >= 4 is 6.03 Å². The molecule has 2 amide bonds. The minimum absolute atomic E-state index is 0.00257. The third kappa shape index (κ3) is 3.70. The van der Waals surface area contributed by atoms with Gasteiger partial charge in [-0.2, -0.15) is 0 Å². The maximum atomic E-state index is 11.4. The number of urea groups is 1. The number of rotatable bonds is 3. The van der Waals surface area contributed by atoms with Crippen molar-refractivity contribution in [1.29, 1.82) is 0 Å². The average Bonchev–Trinajstić information content (AvgIpc) is 2.26. The van der Waals surface area contributed by atoms with Crippen LogP contribution in [0.4, 0.5) is 4.79 Å². The van der Waals surface area contributed by atoms with Gasteiger partial charge in [-0.3, -0.25) is 0 Å². The van der Waals surface area contributed by atoms with Crippen molar-refractivity contribution in [1.82, 2.24) is 15.5 Å². The summed E-state index contributed by atoms with van der Waals surface area (Å²) in [6.07, 6.45) is 3.73. The quantitative estimate of drug-likeness (QED) is 0.735. The second kappa shape index (κ2) is 5.95. The fourth-order valence-corrected chi connectivity index (χ4v) is 2.10. The summed E-state index contributed by atoms with van der Waals surface area (Å²) < 4.78 is 0. The Morgan fingerprint density at radius 1 is 1.53 bits per heavy atom. The SMILES string of the molecule is CCC1CCCNC1CNC(=O)N(C)C. The maximum Gasteiger partial charge on any atom is 0.316 e. The molecule has 2 N–H and O–H groups in total. The van der Waals surface area contributed by atoms with E-state index in [1.165, 1.54) is 19.3 Å². The van der Waals surface area contributed by atoms with E-state index in [4.69, 9.17) is 0 Å². The first-order valence-corrected chi connectivity index (χ1v) is 5.83. The van der Waals surface area contributed by atoms with Crippen molar-refractivity contribution in [2.45, 2.75) is 32.2 Å². The molecule has 1 rings (SSSR count). The summed E-state index contributed by atoms with van der Waals surface area (Å²) in [6, 6.07) is 0.449. The highest BCUT2D eigenvalue weighted by molar-refractivity contribution is 5.73. The Bertz CT molecular complexity index is 206. The molecular formula is C11H23N3O. The summed E-state index contributed by atoms with van der Waals surface area (Å²) >= 11 is 0. The number of carbonyl (C=O) groups excluding carboxylic acids is 1. The van der Waals surface area contributed by atoms with E-state index in [-0.39, 0.29) is 6.03 Å². The van der Waals surface area contributed by atoms with E-state index >= 15 is 0 Å². The molecule has 1 aliphatic heterocycles. The number of hydrogen-bond donors (Lipinski definition) is 2. The smallest absolute Gasteiger partial charge is 0.316 e. The third-order valence-electron chi connectivity index (χ3n) is 3.13. The van der Waals surface area contributed by atoms with Crippen molar-refractivity contribution in [2.75, 3.05) is 27.2 Å². The highest BCUT2D eigenvalue weighted by Crippen LogP contribution is 2.19. The molecule has 0 aromatic carbocycles. The summed E-state index contributed by atoms with van der Waals surface area (Å²) in [4.78, 5) is 12.9. The van der Waals surface area contributed by atoms with Gasteiger partial charge in [0.05, 0.1) is 0 Å². The van der Waals surface area contributed by atoms with Gasteiger partial charge in [-0.05, 0) is 25.3 Å². The highest BCUT2D eigenvalue weighted by Gasteiger charge is 2.23. The molecule has 0 saturated carbocycles. The molecule has 1 fully saturated rings. The maximum absolute atomic E-state index is 11.4. The van der Waals surface area contributed by atoms with Gasteiger partial charge < -0.3 is 15.5 Å². The molecule has 4 heteroatoms. The molecule has 0 aromatic rings. The number of nitrogens with one attached hydrogen (secondary N) is 2. The minimum Gasteiger partial charge on any atom is -0.336 e. The second-order valence-electron chi connectivity index (χ2n) is 4.45. The first-order chi connectivity index (χ1) is 7.15. The van der Waals surface area contributed by atoms with Crippen LogP contribution in [-0.2, 0) is 0 Å². The molecular weight excluding hydrogens is 190 g/mol. The van der Waals surface area contributed by atoms with E-state index in [0.29, 0.717) is 12.0 Å². The molecule has 0 radical (unpaired) electrons. The number of hydrogen-bond acceptors (Lipinski definition) is 2. The molecule has 2 atom stereocenters. The predicted octanol–water partition coefficient (Wildman–Crippen LogP) is 1.04. The molecule has 0 aromatic heterocycles. The Balaban J connectivity index is 2.32. The number of amides is 2. The van der Waals surface area contributed by atoms with Crippen LogP contribution in [-0.4, -0.2) is 44.2 Å². The molecule has 0 bridgehead atoms. The van der Waals surface area contributed by atoms with E-state index in [0.717, 1.165) is 13.1 Å². The second-order valence-corrected chi connectivity index (χ2v) is 4.45. The molecule has 0 aliphatic carbocycles. The fraction of sp³-hybridized carbons (Fsp3) is 0.909. The van der Waals surface area contributed by atoms with Gasteiger partial charge in [-0.1, -0.05) is 13.3 Å². The van der Waals surface area contributed by atoms with Crippen molar-refractivity contribution in [3.05, 3.63) is 0 Å². The average molecular weight is 213 g/mol. The lowest BCUT2D eigenvalue weighted by Crippen LogP contribution is -2.50. The van der Waals surface area contributed by atoms with Gasteiger partial charge in [0.25, 0.3) is 0 Å². The summed E-state index contributed by atoms with van der Waals surface area (Å²) in [7, 11) is 3.53. The largest absolute Gasteiger partial charge is 0.336 e. The lowest BCUT2D eigenvalue weighted by Gasteiger charge is -2.32. The normalized spacial score (nSPS) is 26.1. The van der Waals surface area contributed by atoms with Crippen molar-refractivity contribution < 1.29 is 4.79 Å². The Hall–Kier alpha value is -0.770. The number of carbonyl (C=O) groups is 1. The summed E-state index contributed by atoms with van der Waals surface area (Å²) in [5.41, 5.74) is 0. The fourth-order valence-electron chi connectivity index (χ4n) is 2.10. The zero-order valence-electron chi connectivity index (χ0n) is 10.0. The molecule has 0 spiro atoms. The van der Waals surface area contributed by atoms with E-state index < -0.39 is 0 Å². The zero-order chi connectivity index (χ0) is 11.3.